The molecule has 18 heavy (non-hydrogen) atoms. The van der Waals surface area contributed by atoms with Crippen LogP contribution in [-0.4, -0.2) is 31.9 Å². The van der Waals surface area contributed by atoms with Crippen molar-refractivity contribution in [3.8, 4) is 0 Å². The van der Waals surface area contributed by atoms with E-state index in [2.05, 4.69) is 16.5 Å². The van der Waals surface area contributed by atoms with Gasteiger partial charge in [-0.3, -0.25) is 0 Å². The normalized spacial score (nSPS) is 19.8. The van der Waals surface area contributed by atoms with Crippen LogP contribution >= 0.6 is 23.4 Å². The topological polar surface area (TPSA) is 30.7 Å². The average Bonchev–Trinajstić information content (AvgIpc) is 2.96. The molecular weight excluding hydrogens is 266 g/mol. The summed E-state index contributed by atoms with van der Waals surface area (Å²) in [6.07, 6.45) is 3.90. The molecule has 0 bridgehead atoms. The Hall–Kier alpha value is -0.740. The number of aromatic nitrogens is 3. The van der Waals surface area contributed by atoms with Crippen LogP contribution in [-0.2, 0) is 6.42 Å². The highest BCUT2D eigenvalue weighted by Crippen LogP contribution is 2.32. The number of rotatable bonds is 3. The second-order valence-electron chi connectivity index (χ2n) is 4.65. The summed E-state index contributed by atoms with van der Waals surface area (Å²) in [5.74, 6) is 4.10. The zero-order valence-corrected chi connectivity index (χ0v) is 12.0. The van der Waals surface area contributed by atoms with E-state index in [0.29, 0.717) is 11.9 Å². The van der Waals surface area contributed by atoms with Crippen LogP contribution in [0.2, 0.25) is 0 Å². The minimum atomic E-state index is 0.535. The molecule has 2 aromatic heterocycles. The van der Waals surface area contributed by atoms with Crippen molar-refractivity contribution < 1.29 is 0 Å². The highest BCUT2D eigenvalue weighted by molar-refractivity contribution is 7.99. The van der Waals surface area contributed by atoms with Gasteiger partial charge in [0, 0.05) is 30.3 Å². The molecule has 1 atom stereocenters. The number of aryl methyl sites for hydroxylation is 2. The maximum Gasteiger partial charge on any atom is 0.160 e. The number of halogens is 1. The Labute approximate surface area is 116 Å². The molecule has 0 aromatic carbocycles. The first-order valence-electron chi connectivity index (χ1n) is 6.27. The number of nitrogens with zero attached hydrogens (tertiary/aromatic N) is 3. The zero-order valence-electron chi connectivity index (χ0n) is 10.4. The van der Waals surface area contributed by atoms with Crippen LogP contribution in [0.3, 0.4) is 0 Å². The van der Waals surface area contributed by atoms with E-state index in [1.807, 2.05) is 24.0 Å². The van der Waals surface area contributed by atoms with E-state index in [0.717, 1.165) is 29.2 Å². The molecule has 96 valence electrons. The maximum atomic E-state index is 5.90. The third-order valence-corrected chi connectivity index (χ3v) is 4.78. The lowest BCUT2D eigenvalue weighted by Crippen LogP contribution is -2.12. The molecule has 1 saturated heterocycles. The van der Waals surface area contributed by atoms with Crippen LogP contribution in [0.5, 0.6) is 0 Å². The van der Waals surface area contributed by atoms with Crippen molar-refractivity contribution in [3.05, 3.63) is 23.7 Å². The number of hydrogen-bond donors (Lipinski definition) is 0. The first-order chi connectivity index (χ1) is 8.81. The van der Waals surface area contributed by atoms with Gasteiger partial charge in [0.25, 0.3) is 0 Å². The van der Waals surface area contributed by atoms with Crippen LogP contribution in [0.1, 0.15) is 23.9 Å². The standard InChI is InChI=1S/C13H16ClN3S/c1-9-3-6-15-13-12(9)16-11(2-5-14)17(13)10-4-7-18-8-10/h3,6,10H,2,4-5,7-8H2,1H3. The van der Waals surface area contributed by atoms with E-state index < -0.39 is 0 Å². The van der Waals surface area contributed by atoms with Crippen molar-refractivity contribution in [2.24, 2.45) is 0 Å². The van der Waals surface area contributed by atoms with Crippen LogP contribution < -0.4 is 0 Å². The Kier molecular flexibility index (Phi) is 3.48. The number of alkyl halides is 1. The summed E-state index contributed by atoms with van der Waals surface area (Å²) in [4.78, 5) is 9.29. The molecule has 3 heterocycles. The van der Waals surface area contributed by atoms with Crippen LogP contribution in [0.25, 0.3) is 11.2 Å². The third-order valence-electron chi connectivity index (χ3n) is 3.44. The van der Waals surface area contributed by atoms with Crippen molar-refractivity contribution in [2.75, 3.05) is 17.4 Å². The van der Waals surface area contributed by atoms with Gasteiger partial charge in [-0.1, -0.05) is 0 Å². The van der Waals surface area contributed by atoms with Gasteiger partial charge < -0.3 is 4.57 Å². The van der Waals surface area contributed by atoms with Gasteiger partial charge in [-0.25, -0.2) is 9.97 Å². The average molecular weight is 282 g/mol. The molecule has 5 heteroatoms. The second kappa shape index (κ2) is 5.10. The molecule has 1 aliphatic rings. The van der Waals surface area contributed by atoms with Crippen molar-refractivity contribution in [3.63, 3.8) is 0 Å². The van der Waals surface area contributed by atoms with Gasteiger partial charge in [0.05, 0.1) is 0 Å². The zero-order chi connectivity index (χ0) is 12.5. The highest BCUT2D eigenvalue weighted by Gasteiger charge is 2.23. The van der Waals surface area contributed by atoms with Gasteiger partial charge in [-0.15, -0.1) is 11.6 Å². The van der Waals surface area contributed by atoms with Crippen LogP contribution in [0.15, 0.2) is 12.3 Å². The fourth-order valence-corrected chi connectivity index (χ4v) is 3.89. The van der Waals surface area contributed by atoms with Gasteiger partial charge in [-0.05, 0) is 30.7 Å². The monoisotopic (exact) mass is 281 g/mol. The quantitative estimate of drug-likeness (QED) is 0.810. The molecule has 3 nitrogen and oxygen atoms in total. The number of imidazole rings is 1. The number of thioether (sulfide) groups is 1. The molecule has 0 aliphatic carbocycles. The summed E-state index contributed by atoms with van der Waals surface area (Å²) >= 11 is 7.91. The lowest BCUT2D eigenvalue weighted by atomic mass is 10.2. The molecule has 2 aromatic rings. The van der Waals surface area contributed by atoms with E-state index in [4.69, 9.17) is 16.6 Å². The Morgan fingerprint density at radius 3 is 3.17 bits per heavy atom. The first-order valence-corrected chi connectivity index (χ1v) is 7.96. The fraction of sp³-hybridized carbons (Fsp3) is 0.538. The lowest BCUT2D eigenvalue weighted by Gasteiger charge is -2.14. The number of hydrogen-bond acceptors (Lipinski definition) is 3. The number of fused-ring (bicyclic) bond motifs is 1. The molecule has 3 rings (SSSR count). The van der Waals surface area contributed by atoms with E-state index in [9.17, 15) is 0 Å². The van der Waals surface area contributed by atoms with Crippen LogP contribution in [0, 0.1) is 6.92 Å². The molecule has 0 N–H and O–H groups in total. The van der Waals surface area contributed by atoms with E-state index >= 15 is 0 Å². The molecule has 0 saturated carbocycles. The minimum absolute atomic E-state index is 0.535. The summed E-state index contributed by atoms with van der Waals surface area (Å²) in [5.41, 5.74) is 3.26. The van der Waals surface area contributed by atoms with Gasteiger partial charge in [0.15, 0.2) is 5.65 Å². The SMILES string of the molecule is Cc1ccnc2c1nc(CCCl)n2C1CCSC1. The summed E-state index contributed by atoms with van der Waals surface area (Å²) in [5, 5.41) is 0. The molecule has 0 spiro atoms. The Morgan fingerprint density at radius 1 is 1.56 bits per heavy atom. The molecule has 0 radical (unpaired) electrons. The molecular formula is C13H16ClN3S. The molecule has 1 fully saturated rings. The minimum Gasteiger partial charge on any atom is -0.309 e. The largest absolute Gasteiger partial charge is 0.309 e. The summed E-state index contributed by atoms with van der Waals surface area (Å²) < 4.78 is 2.32. The third kappa shape index (κ3) is 2.01. The Balaban J connectivity index is 2.18. The van der Waals surface area contributed by atoms with Gasteiger partial charge >= 0.3 is 0 Å². The van der Waals surface area contributed by atoms with Crippen molar-refractivity contribution in [2.45, 2.75) is 25.8 Å². The molecule has 0 amide bonds. The van der Waals surface area contributed by atoms with E-state index in [-0.39, 0.29) is 0 Å². The first kappa shape index (κ1) is 12.3. The summed E-state index contributed by atoms with van der Waals surface area (Å²) in [7, 11) is 0. The van der Waals surface area contributed by atoms with E-state index in [1.54, 1.807) is 0 Å². The fourth-order valence-electron chi connectivity index (χ4n) is 2.53. The summed E-state index contributed by atoms with van der Waals surface area (Å²) in [6, 6.07) is 2.56. The van der Waals surface area contributed by atoms with Crippen molar-refractivity contribution >= 4 is 34.5 Å². The van der Waals surface area contributed by atoms with Gasteiger partial charge in [-0.2, -0.15) is 11.8 Å². The molecule has 1 aliphatic heterocycles. The predicted octanol–water partition coefficient (Wildman–Crippen LogP) is 3.20. The lowest BCUT2D eigenvalue weighted by molar-refractivity contribution is 0.548. The van der Waals surface area contributed by atoms with Crippen molar-refractivity contribution in [1.29, 1.82) is 0 Å². The maximum absolute atomic E-state index is 5.90. The highest BCUT2D eigenvalue weighted by atomic mass is 35.5. The number of pyridine rings is 1. The van der Waals surface area contributed by atoms with E-state index in [1.165, 1.54) is 17.7 Å². The van der Waals surface area contributed by atoms with Gasteiger partial charge in [0.1, 0.15) is 11.3 Å². The smallest absolute Gasteiger partial charge is 0.160 e. The second-order valence-corrected chi connectivity index (χ2v) is 6.18. The summed E-state index contributed by atoms with van der Waals surface area (Å²) in [6.45, 7) is 2.09. The van der Waals surface area contributed by atoms with Crippen LogP contribution in [0.4, 0.5) is 0 Å². The molecule has 1 unspecified atom stereocenters. The van der Waals surface area contributed by atoms with Crippen molar-refractivity contribution in [1.82, 2.24) is 14.5 Å². The predicted molar refractivity (Wildman–Crippen MR) is 77.7 cm³/mol. The Morgan fingerprint density at radius 2 is 2.44 bits per heavy atom. The Bertz CT molecular complexity index is 561. The van der Waals surface area contributed by atoms with Gasteiger partial charge in [0.2, 0.25) is 0 Å².